The van der Waals surface area contributed by atoms with Crippen LogP contribution in [0.2, 0.25) is 0 Å². The van der Waals surface area contributed by atoms with E-state index in [4.69, 9.17) is 0 Å². The van der Waals surface area contributed by atoms with Crippen LogP contribution in [0.3, 0.4) is 0 Å². The van der Waals surface area contributed by atoms with Gasteiger partial charge in [0.1, 0.15) is 5.75 Å². The molecule has 0 bridgehead atoms. The maximum absolute atomic E-state index is 9.31. The number of aromatic hydroxyl groups is 1. The molecule has 0 heterocycles. The topological polar surface area (TPSA) is 32.3 Å². The Morgan fingerprint density at radius 2 is 1.60 bits per heavy atom. The van der Waals surface area contributed by atoms with Crippen LogP contribution in [0.4, 0.5) is 0 Å². The molecule has 0 aliphatic rings. The zero-order valence-electron chi connectivity index (χ0n) is 12.2. The first kappa shape index (κ1) is 14.6. The van der Waals surface area contributed by atoms with Gasteiger partial charge in [-0.05, 0) is 35.6 Å². The Hall–Kier alpha value is -1.80. The van der Waals surface area contributed by atoms with Gasteiger partial charge in [-0.1, -0.05) is 56.3 Å². The summed E-state index contributed by atoms with van der Waals surface area (Å²) in [6.07, 6.45) is 1.11. The second kappa shape index (κ2) is 7.11. The predicted molar refractivity (Wildman–Crippen MR) is 83.6 cm³/mol. The highest BCUT2D eigenvalue weighted by atomic mass is 16.3. The van der Waals surface area contributed by atoms with Crippen molar-refractivity contribution in [2.24, 2.45) is 5.92 Å². The van der Waals surface area contributed by atoms with Gasteiger partial charge in [0.2, 0.25) is 0 Å². The summed E-state index contributed by atoms with van der Waals surface area (Å²) in [5.74, 6) is 0.961. The molecule has 0 fully saturated rings. The van der Waals surface area contributed by atoms with Crippen LogP contribution in [0, 0.1) is 5.92 Å². The van der Waals surface area contributed by atoms with Crippen molar-refractivity contribution in [3.63, 3.8) is 0 Å². The fourth-order valence-corrected chi connectivity index (χ4v) is 2.35. The van der Waals surface area contributed by atoms with E-state index in [2.05, 4.69) is 49.5 Å². The molecule has 0 aliphatic carbocycles. The normalized spacial score (nSPS) is 12.6. The van der Waals surface area contributed by atoms with Gasteiger partial charge in [0.05, 0.1) is 0 Å². The van der Waals surface area contributed by atoms with Gasteiger partial charge in [0.25, 0.3) is 0 Å². The maximum Gasteiger partial charge on any atom is 0.115 e. The molecule has 0 aromatic heterocycles. The molecule has 1 unspecified atom stereocenters. The van der Waals surface area contributed by atoms with Crippen LogP contribution < -0.4 is 5.32 Å². The molecule has 0 spiro atoms. The van der Waals surface area contributed by atoms with Crippen molar-refractivity contribution in [1.82, 2.24) is 5.32 Å². The van der Waals surface area contributed by atoms with Gasteiger partial charge < -0.3 is 10.4 Å². The molecule has 2 heteroatoms. The summed E-state index contributed by atoms with van der Waals surface area (Å²) < 4.78 is 0. The van der Waals surface area contributed by atoms with E-state index in [9.17, 15) is 5.11 Å². The van der Waals surface area contributed by atoms with Crippen molar-refractivity contribution in [2.45, 2.75) is 32.9 Å². The SMILES string of the molecule is CC(C)CC(NCc1ccc(O)cc1)c1ccccc1. The van der Waals surface area contributed by atoms with Crippen molar-refractivity contribution in [3.05, 3.63) is 65.7 Å². The van der Waals surface area contributed by atoms with Crippen molar-refractivity contribution in [1.29, 1.82) is 0 Å². The quantitative estimate of drug-likeness (QED) is 0.821. The minimum absolute atomic E-state index is 0.315. The van der Waals surface area contributed by atoms with Gasteiger partial charge >= 0.3 is 0 Å². The molecular weight excluding hydrogens is 246 g/mol. The number of hydrogen-bond donors (Lipinski definition) is 2. The van der Waals surface area contributed by atoms with Gasteiger partial charge in [-0.3, -0.25) is 0 Å². The van der Waals surface area contributed by atoms with Crippen LogP contribution in [0.5, 0.6) is 5.75 Å². The molecule has 0 radical (unpaired) electrons. The van der Waals surface area contributed by atoms with Crippen LogP contribution in [-0.4, -0.2) is 5.11 Å². The fourth-order valence-electron chi connectivity index (χ4n) is 2.35. The summed E-state index contributed by atoms with van der Waals surface area (Å²) in [4.78, 5) is 0. The summed E-state index contributed by atoms with van der Waals surface area (Å²) in [5, 5.41) is 12.9. The Kier molecular flexibility index (Phi) is 5.19. The van der Waals surface area contributed by atoms with Crippen LogP contribution >= 0.6 is 0 Å². The molecule has 2 aromatic carbocycles. The average molecular weight is 269 g/mol. The van der Waals surface area contributed by atoms with Crippen LogP contribution in [0.25, 0.3) is 0 Å². The number of hydrogen-bond acceptors (Lipinski definition) is 2. The van der Waals surface area contributed by atoms with Gasteiger partial charge in [-0.2, -0.15) is 0 Å². The van der Waals surface area contributed by atoms with E-state index < -0.39 is 0 Å². The van der Waals surface area contributed by atoms with Gasteiger partial charge in [-0.15, -0.1) is 0 Å². The van der Waals surface area contributed by atoms with E-state index in [0.717, 1.165) is 13.0 Å². The monoisotopic (exact) mass is 269 g/mol. The molecule has 2 aromatic rings. The first-order valence-electron chi connectivity index (χ1n) is 7.21. The third-order valence-electron chi connectivity index (χ3n) is 3.40. The van der Waals surface area contributed by atoms with Crippen molar-refractivity contribution < 1.29 is 5.11 Å². The van der Waals surface area contributed by atoms with Crippen molar-refractivity contribution in [3.8, 4) is 5.75 Å². The van der Waals surface area contributed by atoms with Crippen LogP contribution in [0.15, 0.2) is 54.6 Å². The predicted octanol–water partition coefficient (Wildman–Crippen LogP) is 4.27. The smallest absolute Gasteiger partial charge is 0.115 e. The summed E-state index contributed by atoms with van der Waals surface area (Å²) in [5.41, 5.74) is 2.52. The Morgan fingerprint density at radius 3 is 2.20 bits per heavy atom. The maximum atomic E-state index is 9.31. The molecule has 0 saturated heterocycles. The van der Waals surface area contributed by atoms with E-state index >= 15 is 0 Å². The molecular formula is C18H23NO. The van der Waals surface area contributed by atoms with Gasteiger partial charge in [0.15, 0.2) is 0 Å². The molecule has 0 saturated carbocycles. The molecule has 1 atom stereocenters. The van der Waals surface area contributed by atoms with E-state index in [1.54, 1.807) is 12.1 Å². The molecule has 106 valence electrons. The molecule has 0 amide bonds. The highest BCUT2D eigenvalue weighted by Crippen LogP contribution is 2.21. The minimum Gasteiger partial charge on any atom is -0.508 e. The lowest BCUT2D eigenvalue weighted by molar-refractivity contribution is 0.428. The fraction of sp³-hybridized carbons (Fsp3) is 0.333. The third kappa shape index (κ3) is 4.39. The van der Waals surface area contributed by atoms with Crippen molar-refractivity contribution >= 4 is 0 Å². The zero-order chi connectivity index (χ0) is 14.4. The molecule has 2 nitrogen and oxygen atoms in total. The van der Waals surface area contributed by atoms with Crippen LogP contribution in [-0.2, 0) is 6.54 Å². The molecule has 20 heavy (non-hydrogen) atoms. The first-order valence-corrected chi connectivity index (χ1v) is 7.21. The highest BCUT2D eigenvalue weighted by Gasteiger charge is 2.12. The molecule has 2 N–H and O–H groups in total. The Morgan fingerprint density at radius 1 is 0.950 bits per heavy atom. The van der Waals surface area contributed by atoms with Crippen molar-refractivity contribution in [2.75, 3.05) is 0 Å². The van der Waals surface area contributed by atoms with E-state index in [-0.39, 0.29) is 0 Å². The Bertz CT molecular complexity index is 505. The largest absolute Gasteiger partial charge is 0.508 e. The highest BCUT2D eigenvalue weighted by molar-refractivity contribution is 5.26. The lowest BCUT2D eigenvalue weighted by Gasteiger charge is -2.21. The third-order valence-corrected chi connectivity index (χ3v) is 3.40. The second-order valence-corrected chi connectivity index (χ2v) is 5.64. The molecule has 0 aliphatic heterocycles. The zero-order valence-corrected chi connectivity index (χ0v) is 12.2. The number of phenolic OH excluding ortho intramolecular Hbond substituents is 1. The summed E-state index contributed by atoms with van der Waals surface area (Å²) in [6.45, 7) is 5.31. The summed E-state index contributed by atoms with van der Waals surface area (Å²) >= 11 is 0. The lowest BCUT2D eigenvalue weighted by Crippen LogP contribution is -2.22. The van der Waals surface area contributed by atoms with E-state index in [1.165, 1.54) is 11.1 Å². The Labute approximate surface area is 121 Å². The number of nitrogens with one attached hydrogen (secondary N) is 1. The Balaban J connectivity index is 2.03. The van der Waals surface area contributed by atoms with E-state index in [1.807, 2.05) is 12.1 Å². The average Bonchev–Trinajstić information content (AvgIpc) is 2.46. The standard InChI is InChI=1S/C18H23NO/c1-14(2)12-18(16-6-4-3-5-7-16)19-13-15-8-10-17(20)11-9-15/h3-11,14,18-20H,12-13H2,1-2H3. The summed E-state index contributed by atoms with van der Waals surface area (Å²) in [7, 11) is 0. The van der Waals surface area contributed by atoms with Crippen LogP contribution in [0.1, 0.15) is 37.4 Å². The van der Waals surface area contributed by atoms with Gasteiger partial charge in [0, 0.05) is 12.6 Å². The lowest BCUT2D eigenvalue weighted by atomic mass is 9.97. The van der Waals surface area contributed by atoms with E-state index in [0.29, 0.717) is 17.7 Å². The summed E-state index contributed by atoms with van der Waals surface area (Å²) in [6, 6.07) is 18.3. The molecule has 2 rings (SSSR count). The number of rotatable bonds is 6. The number of phenols is 1. The minimum atomic E-state index is 0.315. The second-order valence-electron chi connectivity index (χ2n) is 5.64. The first-order chi connectivity index (χ1) is 9.65. The van der Waals surface area contributed by atoms with Gasteiger partial charge in [-0.25, -0.2) is 0 Å². The number of benzene rings is 2.